The molecule has 1 aromatic carbocycles. The molecule has 1 aliphatic carbocycles. The summed E-state index contributed by atoms with van der Waals surface area (Å²) in [7, 11) is 0. The maximum absolute atomic E-state index is 15.2. The summed E-state index contributed by atoms with van der Waals surface area (Å²) in [6.07, 6.45) is 0.686. The number of fused-ring (bicyclic) bond motifs is 3. The molecule has 190 valence electrons. The Morgan fingerprint density at radius 3 is 2.56 bits per heavy atom. The zero-order valence-electron chi connectivity index (χ0n) is 19.6. The Bertz CT molecular complexity index is 1300. The average Bonchev–Trinajstić information content (AvgIpc) is 3.53. The zero-order valence-corrected chi connectivity index (χ0v) is 19.6. The largest absolute Gasteiger partial charge is 0.573 e. The minimum Gasteiger partial charge on any atom is -0.406 e. The number of carbonyl (C=O) groups is 1. The van der Waals surface area contributed by atoms with Crippen LogP contribution in [0.1, 0.15) is 52.4 Å². The molecule has 2 aromatic heterocycles. The van der Waals surface area contributed by atoms with Gasteiger partial charge in [-0.25, -0.2) is 9.37 Å². The van der Waals surface area contributed by atoms with E-state index in [-0.39, 0.29) is 28.8 Å². The molecule has 36 heavy (non-hydrogen) atoms. The minimum atomic E-state index is -4.78. The number of likely N-dealkylation sites (tertiary alicyclic amines) is 1. The summed E-state index contributed by atoms with van der Waals surface area (Å²) in [5, 5.41) is 4.38. The van der Waals surface area contributed by atoms with Crippen molar-refractivity contribution in [2.75, 3.05) is 26.2 Å². The third-order valence-electron chi connectivity index (χ3n) is 7.97. The summed E-state index contributed by atoms with van der Waals surface area (Å²) in [6, 6.07) is 4.93. The number of pyridine rings is 1. The number of piperidine rings is 1. The lowest BCUT2D eigenvalue weighted by atomic mass is 9.82. The summed E-state index contributed by atoms with van der Waals surface area (Å²) in [5.41, 5.74) is 4.28. The van der Waals surface area contributed by atoms with Crippen LogP contribution in [0.5, 0.6) is 5.75 Å². The fourth-order valence-electron chi connectivity index (χ4n) is 6.28. The highest BCUT2D eigenvalue weighted by Crippen LogP contribution is 2.46. The van der Waals surface area contributed by atoms with Crippen molar-refractivity contribution in [3.8, 4) is 5.75 Å². The van der Waals surface area contributed by atoms with E-state index in [1.165, 1.54) is 29.6 Å². The van der Waals surface area contributed by atoms with E-state index in [4.69, 9.17) is 0 Å². The maximum atomic E-state index is 15.2. The van der Waals surface area contributed by atoms with E-state index in [9.17, 15) is 18.0 Å². The van der Waals surface area contributed by atoms with Gasteiger partial charge in [-0.05, 0) is 79.8 Å². The van der Waals surface area contributed by atoms with Gasteiger partial charge in [0.25, 0.3) is 5.91 Å². The molecule has 3 aromatic rings. The Balaban J connectivity index is 1.19. The second-order valence-electron chi connectivity index (χ2n) is 10.2. The molecule has 2 N–H and O–H groups in total. The summed E-state index contributed by atoms with van der Waals surface area (Å²) >= 11 is 0. The highest BCUT2D eigenvalue weighted by atomic mass is 19.4. The molecule has 0 radical (unpaired) electrons. The average molecular weight is 503 g/mol. The molecule has 2 fully saturated rings. The fourth-order valence-corrected chi connectivity index (χ4v) is 6.28. The molecule has 0 bridgehead atoms. The summed E-state index contributed by atoms with van der Waals surface area (Å²) < 4.78 is 56.3. The molecule has 0 unspecified atom stereocenters. The molecule has 10 heteroatoms. The first-order valence-electron chi connectivity index (χ1n) is 12.2. The van der Waals surface area contributed by atoms with Crippen molar-refractivity contribution in [3.63, 3.8) is 0 Å². The highest BCUT2D eigenvalue weighted by molar-refractivity contribution is 5.94. The van der Waals surface area contributed by atoms with E-state index in [1.807, 2.05) is 0 Å². The van der Waals surface area contributed by atoms with E-state index in [0.717, 1.165) is 55.5 Å². The molecule has 2 saturated heterocycles. The lowest BCUT2D eigenvalue weighted by Crippen LogP contribution is -2.38. The van der Waals surface area contributed by atoms with Crippen LogP contribution in [-0.2, 0) is 12.8 Å². The number of halogens is 4. The molecular formula is C26H26F4N4O2. The van der Waals surface area contributed by atoms with Crippen LogP contribution < -0.4 is 10.1 Å². The highest BCUT2D eigenvalue weighted by Gasteiger charge is 2.42. The van der Waals surface area contributed by atoms with Crippen LogP contribution in [0.15, 0.2) is 30.5 Å². The van der Waals surface area contributed by atoms with Crippen LogP contribution in [0, 0.1) is 11.2 Å². The Labute approximate surface area is 205 Å². The first-order valence-corrected chi connectivity index (χ1v) is 12.2. The van der Waals surface area contributed by atoms with Gasteiger partial charge < -0.3 is 19.9 Å². The third kappa shape index (κ3) is 4.11. The van der Waals surface area contributed by atoms with Crippen molar-refractivity contribution in [2.45, 2.75) is 44.4 Å². The van der Waals surface area contributed by atoms with Crippen LogP contribution in [0.3, 0.4) is 0 Å². The van der Waals surface area contributed by atoms with Gasteiger partial charge in [-0.2, -0.15) is 0 Å². The van der Waals surface area contributed by atoms with Gasteiger partial charge in [0.2, 0.25) is 0 Å². The quantitative estimate of drug-likeness (QED) is 0.510. The number of ether oxygens (including phenoxy) is 1. The number of aromatic amines is 1. The van der Waals surface area contributed by atoms with Crippen molar-refractivity contribution in [2.24, 2.45) is 5.41 Å². The number of nitrogens with zero attached hydrogens (tertiary/aromatic N) is 2. The number of hydrogen-bond acceptors (Lipinski definition) is 4. The summed E-state index contributed by atoms with van der Waals surface area (Å²) in [6.45, 7) is 2.85. The Hall–Kier alpha value is -3.14. The van der Waals surface area contributed by atoms with Crippen molar-refractivity contribution in [1.82, 2.24) is 20.2 Å². The van der Waals surface area contributed by atoms with Gasteiger partial charge in [-0.1, -0.05) is 0 Å². The van der Waals surface area contributed by atoms with E-state index in [2.05, 4.69) is 20.0 Å². The van der Waals surface area contributed by atoms with Gasteiger partial charge in [0.05, 0.1) is 6.20 Å². The molecule has 4 heterocycles. The van der Waals surface area contributed by atoms with Gasteiger partial charge in [0, 0.05) is 41.8 Å². The number of aromatic nitrogens is 2. The van der Waals surface area contributed by atoms with Gasteiger partial charge >= 0.3 is 6.36 Å². The molecule has 1 atom stereocenters. The van der Waals surface area contributed by atoms with Crippen molar-refractivity contribution in [1.29, 1.82) is 0 Å². The molecule has 3 aliphatic rings. The maximum Gasteiger partial charge on any atom is 0.573 e. The minimum absolute atomic E-state index is 0.0414. The van der Waals surface area contributed by atoms with Gasteiger partial charge in [-0.15, -0.1) is 13.2 Å². The standard InChI is InChI=1S/C26H26F4N4O2/c27-19-13-32-23-22(18-11-25(7-8-31-14-25)12-20(18)33-23)21(19)15-5-9-34(10-6-15)24(35)16-1-3-17(4-2-16)36-26(28,29)30/h1-4,13,15,31H,5-12,14H2,(H,32,33)/t25-/m0/s1. The molecule has 2 aliphatic heterocycles. The van der Waals surface area contributed by atoms with Crippen molar-refractivity contribution in [3.05, 3.63) is 58.7 Å². The first-order chi connectivity index (χ1) is 17.2. The number of alkyl halides is 3. The summed E-state index contributed by atoms with van der Waals surface area (Å²) in [5.74, 6) is -0.977. The Kier molecular flexibility index (Phi) is 5.47. The second kappa shape index (κ2) is 8.47. The van der Waals surface area contributed by atoms with Gasteiger partial charge in [0.1, 0.15) is 17.2 Å². The Morgan fingerprint density at radius 1 is 1.14 bits per heavy atom. The Morgan fingerprint density at radius 2 is 1.89 bits per heavy atom. The first kappa shape index (κ1) is 23.3. The van der Waals surface area contributed by atoms with Crippen LogP contribution in [0.4, 0.5) is 17.6 Å². The van der Waals surface area contributed by atoms with Crippen molar-refractivity contribution < 1.29 is 27.1 Å². The number of carbonyl (C=O) groups excluding carboxylic acids is 1. The van der Waals surface area contributed by atoms with E-state index in [0.29, 0.717) is 37.1 Å². The van der Waals surface area contributed by atoms with Crippen LogP contribution in [0.2, 0.25) is 0 Å². The van der Waals surface area contributed by atoms with Gasteiger partial charge in [0.15, 0.2) is 0 Å². The van der Waals surface area contributed by atoms with Gasteiger partial charge in [-0.3, -0.25) is 4.79 Å². The number of hydrogen-bond donors (Lipinski definition) is 2. The predicted octanol–water partition coefficient (Wildman–Crippen LogP) is 4.70. The second-order valence-corrected chi connectivity index (χ2v) is 10.2. The number of nitrogens with one attached hydrogen (secondary N) is 2. The molecule has 0 saturated carbocycles. The smallest absolute Gasteiger partial charge is 0.406 e. The van der Waals surface area contributed by atoms with E-state index in [1.54, 1.807) is 4.90 Å². The fraction of sp³-hybridized carbons (Fsp3) is 0.462. The van der Waals surface area contributed by atoms with Crippen LogP contribution in [0.25, 0.3) is 11.0 Å². The number of H-pyrrole nitrogens is 1. The van der Waals surface area contributed by atoms with E-state index < -0.39 is 6.36 Å². The molecule has 6 rings (SSSR count). The number of amides is 1. The van der Waals surface area contributed by atoms with E-state index >= 15 is 4.39 Å². The van der Waals surface area contributed by atoms with Crippen LogP contribution >= 0.6 is 0 Å². The van der Waals surface area contributed by atoms with Crippen molar-refractivity contribution >= 4 is 16.9 Å². The number of rotatable bonds is 3. The normalized spacial score (nSPS) is 22.5. The molecular weight excluding hydrogens is 476 g/mol. The molecule has 1 amide bonds. The monoisotopic (exact) mass is 502 g/mol. The summed E-state index contributed by atoms with van der Waals surface area (Å²) in [4.78, 5) is 22.4. The molecule has 1 spiro atoms. The lowest BCUT2D eigenvalue weighted by molar-refractivity contribution is -0.274. The predicted molar refractivity (Wildman–Crippen MR) is 124 cm³/mol. The molecule has 6 nitrogen and oxygen atoms in total. The van der Waals surface area contributed by atoms with Crippen LogP contribution in [-0.4, -0.2) is 53.3 Å². The number of benzene rings is 1. The third-order valence-corrected chi connectivity index (χ3v) is 7.97. The zero-order chi connectivity index (χ0) is 25.1. The SMILES string of the molecule is O=C(c1ccc(OC(F)(F)F)cc1)N1CCC(c2c(F)cnc3[nH]c4c(c23)C[C@@]2(CCNC2)C4)CC1. The topological polar surface area (TPSA) is 70.2 Å². The lowest BCUT2D eigenvalue weighted by Gasteiger charge is -2.33.